The second-order valence-corrected chi connectivity index (χ2v) is 4.21. The van der Waals surface area contributed by atoms with Crippen molar-refractivity contribution in [2.24, 2.45) is 0 Å². The van der Waals surface area contributed by atoms with Crippen molar-refractivity contribution in [2.45, 2.75) is 20.0 Å². The monoisotopic (exact) mass is 267 g/mol. The largest absolute Gasteiger partial charge is 0.398 e. The van der Waals surface area contributed by atoms with Crippen LogP contribution in [0.15, 0.2) is 22.7 Å². The van der Waals surface area contributed by atoms with E-state index in [1.54, 1.807) is 18.2 Å². The van der Waals surface area contributed by atoms with Gasteiger partial charge in [-0.3, -0.25) is 0 Å². The summed E-state index contributed by atoms with van der Waals surface area (Å²) in [5, 5.41) is 4.30. The second-order valence-electron chi connectivity index (χ2n) is 3.80. The van der Waals surface area contributed by atoms with Gasteiger partial charge in [-0.15, -0.1) is 0 Å². The molecule has 0 saturated carbocycles. The number of ether oxygens (including phenoxy) is 1. The van der Waals surface area contributed by atoms with E-state index in [4.69, 9.17) is 26.6 Å². The van der Waals surface area contributed by atoms with E-state index in [-0.39, 0.29) is 0 Å². The Labute approximate surface area is 110 Å². The van der Waals surface area contributed by atoms with E-state index in [0.717, 1.165) is 12.0 Å². The highest BCUT2D eigenvalue weighted by Crippen LogP contribution is 2.25. The van der Waals surface area contributed by atoms with Gasteiger partial charge in [0.15, 0.2) is 5.82 Å². The second kappa shape index (κ2) is 5.84. The highest BCUT2D eigenvalue weighted by molar-refractivity contribution is 6.33. The Balaban J connectivity index is 2.11. The third-order valence-electron chi connectivity index (χ3n) is 2.30. The summed E-state index contributed by atoms with van der Waals surface area (Å²) in [6.07, 6.45) is 0.957. The van der Waals surface area contributed by atoms with Gasteiger partial charge >= 0.3 is 0 Å². The number of aromatic nitrogens is 2. The van der Waals surface area contributed by atoms with Crippen molar-refractivity contribution in [1.29, 1.82) is 0 Å². The average Bonchev–Trinajstić information content (AvgIpc) is 2.82. The van der Waals surface area contributed by atoms with Crippen LogP contribution in [0.25, 0.3) is 11.5 Å². The minimum Gasteiger partial charge on any atom is -0.398 e. The van der Waals surface area contributed by atoms with E-state index in [9.17, 15) is 0 Å². The number of nitrogens with zero attached hydrogens (tertiary/aromatic N) is 2. The highest BCUT2D eigenvalue weighted by Gasteiger charge is 2.10. The van der Waals surface area contributed by atoms with Gasteiger partial charge in [0.05, 0.1) is 10.7 Å². The molecule has 0 spiro atoms. The van der Waals surface area contributed by atoms with Gasteiger partial charge in [-0.05, 0) is 24.6 Å². The minimum atomic E-state index is 0.347. The van der Waals surface area contributed by atoms with Crippen LogP contribution in [0.4, 0.5) is 5.69 Å². The Morgan fingerprint density at radius 2 is 2.28 bits per heavy atom. The molecule has 0 atom stereocenters. The molecule has 2 aromatic rings. The molecule has 1 aromatic carbocycles. The van der Waals surface area contributed by atoms with Crippen LogP contribution in [0, 0.1) is 0 Å². The minimum absolute atomic E-state index is 0.347. The summed E-state index contributed by atoms with van der Waals surface area (Å²) in [5.74, 6) is 0.929. The number of nitrogens with two attached hydrogens (primary N) is 1. The summed E-state index contributed by atoms with van der Waals surface area (Å²) in [5.41, 5.74) is 6.89. The lowest BCUT2D eigenvalue weighted by molar-refractivity contribution is 0.114. The van der Waals surface area contributed by atoms with Gasteiger partial charge in [0.2, 0.25) is 0 Å². The Bertz CT molecular complexity index is 528. The predicted molar refractivity (Wildman–Crippen MR) is 69.1 cm³/mol. The normalized spacial score (nSPS) is 10.8. The number of hydrogen-bond acceptors (Lipinski definition) is 5. The van der Waals surface area contributed by atoms with Crippen LogP contribution < -0.4 is 5.73 Å². The molecule has 5 nitrogen and oxygen atoms in total. The Hall–Kier alpha value is -1.59. The Kier molecular flexibility index (Phi) is 4.17. The summed E-state index contributed by atoms with van der Waals surface area (Å²) in [6.45, 7) is 3.07. The molecular formula is C12H14ClN3O2. The highest BCUT2D eigenvalue weighted by atomic mass is 35.5. The maximum atomic E-state index is 5.93. The van der Waals surface area contributed by atoms with Crippen molar-refractivity contribution < 1.29 is 9.26 Å². The number of hydrogen-bond donors (Lipinski definition) is 1. The van der Waals surface area contributed by atoms with Gasteiger partial charge in [0.25, 0.3) is 5.89 Å². The summed E-state index contributed by atoms with van der Waals surface area (Å²) < 4.78 is 10.5. The van der Waals surface area contributed by atoms with Crippen LogP contribution in [-0.2, 0) is 11.3 Å². The fraction of sp³-hybridized carbons (Fsp3) is 0.333. The summed E-state index contributed by atoms with van der Waals surface area (Å²) in [6, 6.07) is 5.18. The average molecular weight is 268 g/mol. The van der Waals surface area contributed by atoms with Crippen molar-refractivity contribution in [1.82, 2.24) is 10.1 Å². The molecule has 1 heterocycles. The zero-order valence-electron chi connectivity index (χ0n) is 10.0. The van der Waals surface area contributed by atoms with E-state index in [1.165, 1.54) is 0 Å². The zero-order valence-corrected chi connectivity index (χ0v) is 10.8. The standard InChI is InChI=1S/C12H14ClN3O2/c1-2-5-17-7-11-15-12(18-16-11)8-3-4-10(14)9(13)6-8/h3-4,6H,2,5,7,14H2,1H3. The third-order valence-corrected chi connectivity index (χ3v) is 2.62. The fourth-order valence-corrected chi connectivity index (χ4v) is 1.58. The number of rotatable bonds is 5. The molecule has 0 aliphatic heterocycles. The van der Waals surface area contributed by atoms with Crippen LogP contribution in [0.5, 0.6) is 0 Å². The topological polar surface area (TPSA) is 74.2 Å². The van der Waals surface area contributed by atoms with Gasteiger partial charge < -0.3 is 15.0 Å². The summed E-state index contributed by atoms with van der Waals surface area (Å²) in [4.78, 5) is 4.22. The molecule has 6 heteroatoms. The van der Waals surface area contributed by atoms with Gasteiger partial charge in [-0.1, -0.05) is 23.7 Å². The molecule has 0 unspecified atom stereocenters. The molecule has 0 radical (unpaired) electrons. The van der Waals surface area contributed by atoms with Crippen molar-refractivity contribution >= 4 is 17.3 Å². The van der Waals surface area contributed by atoms with Gasteiger partial charge in [0.1, 0.15) is 6.61 Å². The van der Waals surface area contributed by atoms with Crippen LogP contribution in [0.3, 0.4) is 0 Å². The molecule has 0 fully saturated rings. The molecule has 0 aliphatic carbocycles. The predicted octanol–water partition coefficient (Wildman–Crippen LogP) is 2.90. The summed E-state index contributed by atoms with van der Waals surface area (Å²) in [7, 11) is 0. The molecule has 2 N–H and O–H groups in total. The van der Waals surface area contributed by atoms with Crippen molar-refractivity contribution in [3.63, 3.8) is 0 Å². The lowest BCUT2D eigenvalue weighted by Gasteiger charge is -1.98. The number of nitrogen functional groups attached to an aromatic ring is 1. The number of halogens is 1. The molecule has 2 rings (SSSR count). The molecule has 0 aliphatic rings. The Morgan fingerprint density at radius 1 is 1.44 bits per heavy atom. The van der Waals surface area contributed by atoms with Gasteiger partial charge in [-0.25, -0.2) is 0 Å². The van der Waals surface area contributed by atoms with Crippen LogP contribution in [0.1, 0.15) is 19.2 Å². The van der Waals surface area contributed by atoms with Crippen molar-refractivity contribution in [3.8, 4) is 11.5 Å². The van der Waals surface area contributed by atoms with E-state index in [1.807, 2.05) is 6.92 Å². The first-order valence-electron chi connectivity index (χ1n) is 5.66. The van der Waals surface area contributed by atoms with E-state index in [2.05, 4.69) is 10.1 Å². The van der Waals surface area contributed by atoms with Crippen molar-refractivity contribution in [2.75, 3.05) is 12.3 Å². The zero-order chi connectivity index (χ0) is 13.0. The maximum Gasteiger partial charge on any atom is 0.258 e. The maximum absolute atomic E-state index is 5.93. The molecule has 18 heavy (non-hydrogen) atoms. The van der Waals surface area contributed by atoms with Crippen LogP contribution in [-0.4, -0.2) is 16.7 Å². The molecule has 0 saturated heterocycles. The molecule has 1 aromatic heterocycles. The first-order chi connectivity index (χ1) is 8.70. The van der Waals surface area contributed by atoms with E-state index < -0.39 is 0 Å². The van der Waals surface area contributed by atoms with Crippen LogP contribution >= 0.6 is 11.6 Å². The molecular weight excluding hydrogens is 254 g/mol. The number of anilines is 1. The van der Waals surface area contributed by atoms with E-state index in [0.29, 0.717) is 35.6 Å². The lowest BCUT2D eigenvalue weighted by atomic mass is 10.2. The van der Waals surface area contributed by atoms with Gasteiger partial charge in [-0.2, -0.15) is 4.98 Å². The van der Waals surface area contributed by atoms with E-state index >= 15 is 0 Å². The Morgan fingerprint density at radius 3 is 3.00 bits per heavy atom. The molecule has 0 bridgehead atoms. The van der Waals surface area contributed by atoms with Crippen LogP contribution in [0.2, 0.25) is 5.02 Å². The third kappa shape index (κ3) is 3.00. The number of benzene rings is 1. The lowest BCUT2D eigenvalue weighted by Crippen LogP contribution is -1.95. The quantitative estimate of drug-likeness (QED) is 0.666. The summed E-state index contributed by atoms with van der Waals surface area (Å²) >= 11 is 5.93. The molecule has 0 amide bonds. The van der Waals surface area contributed by atoms with Gasteiger partial charge in [0, 0.05) is 12.2 Å². The smallest absolute Gasteiger partial charge is 0.258 e. The fourth-order valence-electron chi connectivity index (χ4n) is 1.40. The molecule has 96 valence electrons. The SMILES string of the molecule is CCCOCc1noc(-c2ccc(N)c(Cl)c2)n1. The first-order valence-corrected chi connectivity index (χ1v) is 6.04. The van der Waals surface area contributed by atoms with Crippen molar-refractivity contribution in [3.05, 3.63) is 29.0 Å². The first kappa shape index (κ1) is 12.9.